The Balaban J connectivity index is 1.86. The highest BCUT2D eigenvalue weighted by Gasteiger charge is 2.26. The number of amides is 1. The first-order valence-corrected chi connectivity index (χ1v) is 9.28. The Hall–Kier alpha value is -2.37. The molecular formula is C20H19Cl2N3O2. The second-order valence-electron chi connectivity index (χ2n) is 6.60. The van der Waals surface area contributed by atoms with Crippen LogP contribution in [0.4, 0.5) is 0 Å². The lowest BCUT2D eigenvalue weighted by Gasteiger charge is -2.18. The van der Waals surface area contributed by atoms with E-state index >= 15 is 0 Å². The summed E-state index contributed by atoms with van der Waals surface area (Å²) in [7, 11) is 0. The minimum atomic E-state index is -0.448. The van der Waals surface area contributed by atoms with Crippen LogP contribution in [0.3, 0.4) is 0 Å². The monoisotopic (exact) mass is 403 g/mol. The number of carbonyl (C=O) groups excluding carboxylic acids is 1. The number of rotatable bonds is 5. The number of nitrogens with one attached hydrogen (secondary N) is 1. The molecular weight excluding hydrogens is 385 g/mol. The molecule has 1 aromatic heterocycles. The van der Waals surface area contributed by atoms with Crippen molar-refractivity contribution in [3.63, 3.8) is 0 Å². The summed E-state index contributed by atoms with van der Waals surface area (Å²) in [4.78, 5) is 17.1. The Labute approximate surface area is 167 Å². The smallest absolute Gasteiger partial charge is 0.253 e. The highest BCUT2D eigenvalue weighted by atomic mass is 35.5. The lowest BCUT2D eigenvalue weighted by Crippen LogP contribution is -2.32. The van der Waals surface area contributed by atoms with Gasteiger partial charge in [-0.2, -0.15) is 4.98 Å². The van der Waals surface area contributed by atoms with Gasteiger partial charge in [0.05, 0.1) is 10.6 Å². The van der Waals surface area contributed by atoms with Crippen molar-refractivity contribution in [2.45, 2.75) is 26.8 Å². The van der Waals surface area contributed by atoms with E-state index in [9.17, 15) is 4.79 Å². The first-order chi connectivity index (χ1) is 12.9. The first kappa shape index (κ1) is 19.4. The average Bonchev–Trinajstić information content (AvgIpc) is 3.11. The van der Waals surface area contributed by atoms with Crippen LogP contribution >= 0.6 is 23.2 Å². The molecule has 7 heteroatoms. The number of aromatic nitrogens is 2. The molecule has 0 aliphatic rings. The van der Waals surface area contributed by atoms with E-state index in [0.717, 1.165) is 11.1 Å². The molecule has 0 aliphatic heterocycles. The highest BCUT2D eigenvalue weighted by Crippen LogP contribution is 2.27. The Kier molecular flexibility index (Phi) is 5.82. The number of benzene rings is 2. The summed E-state index contributed by atoms with van der Waals surface area (Å²) in [5.74, 6) is 0.491. The summed E-state index contributed by atoms with van der Waals surface area (Å²) in [5, 5.41) is 7.98. The van der Waals surface area contributed by atoms with E-state index in [1.165, 1.54) is 0 Å². The van der Waals surface area contributed by atoms with E-state index in [-0.39, 0.29) is 11.8 Å². The van der Waals surface area contributed by atoms with Crippen molar-refractivity contribution in [3.8, 4) is 11.4 Å². The number of hydrogen-bond donors (Lipinski definition) is 1. The van der Waals surface area contributed by atoms with E-state index in [1.807, 2.05) is 32.9 Å². The number of aryl methyl sites for hydroxylation is 1. The molecule has 5 nitrogen and oxygen atoms in total. The summed E-state index contributed by atoms with van der Waals surface area (Å²) in [5.41, 5.74) is 2.12. The summed E-state index contributed by atoms with van der Waals surface area (Å²) < 4.78 is 5.43. The van der Waals surface area contributed by atoms with Crippen molar-refractivity contribution in [1.82, 2.24) is 15.5 Å². The van der Waals surface area contributed by atoms with Gasteiger partial charge in [0.2, 0.25) is 11.7 Å². The van der Waals surface area contributed by atoms with Crippen LogP contribution in [0.1, 0.15) is 41.7 Å². The molecule has 2 aromatic carbocycles. The van der Waals surface area contributed by atoms with E-state index in [2.05, 4.69) is 15.5 Å². The van der Waals surface area contributed by atoms with Crippen molar-refractivity contribution in [2.75, 3.05) is 0 Å². The van der Waals surface area contributed by atoms with Crippen molar-refractivity contribution < 1.29 is 9.32 Å². The van der Waals surface area contributed by atoms with E-state index < -0.39 is 6.04 Å². The SMILES string of the molecule is Cc1ccc(-c2noc([C@H](NC(=O)c3ccccc3Cl)C(C)C)n2)cc1Cl. The minimum absolute atomic E-state index is 0.0337. The molecule has 1 N–H and O–H groups in total. The van der Waals surface area contributed by atoms with Crippen LogP contribution in [0, 0.1) is 12.8 Å². The zero-order chi connectivity index (χ0) is 19.6. The predicted octanol–water partition coefficient (Wildman–Crippen LogP) is 5.48. The van der Waals surface area contributed by atoms with Crippen LogP contribution in [-0.4, -0.2) is 16.0 Å². The van der Waals surface area contributed by atoms with Crippen molar-refractivity contribution >= 4 is 29.1 Å². The number of nitrogens with zero attached hydrogens (tertiary/aromatic N) is 2. The molecule has 1 heterocycles. The van der Waals surface area contributed by atoms with E-state index in [0.29, 0.717) is 27.3 Å². The molecule has 3 aromatic rings. The number of carbonyl (C=O) groups is 1. The molecule has 0 saturated carbocycles. The summed E-state index contributed by atoms with van der Waals surface area (Å²) in [6, 6.07) is 12.0. The minimum Gasteiger partial charge on any atom is -0.340 e. The van der Waals surface area contributed by atoms with Gasteiger partial charge in [0.25, 0.3) is 5.91 Å². The summed E-state index contributed by atoms with van der Waals surface area (Å²) in [6.07, 6.45) is 0. The number of hydrogen-bond acceptors (Lipinski definition) is 4. The molecule has 0 bridgehead atoms. The third-order valence-corrected chi connectivity index (χ3v) is 4.95. The van der Waals surface area contributed by atoms with Crippen LogP contribution in [0.15, 0.2) is 47.0 Å². The highest BCUT2D eigenvalue weighted by molar-refractivity contribution is 6.33. The van der Waals surface area contributed by atoms with Crippen LogP contribution in [-0.2, 0) is 0 Å². The quantitative estimate of drug-likeness (QED) is 0.612. The maximum Gasteiger partial charge on any atom is 0.253 e. The van der Waals surface area contributed by atoms with Crippen molar-refractivity contribution in [3.05, 3.63) is 69.5 Å². The Bertz CT molecular complexity index is 969. The third-order valence-electron chi connectivity index (χ3n) is 4.21. The Morgan fingerprint density at radius 2 is 1.85 bits per heavy atom. The fourth-order valence-electron chi connectivity index (χ4n) is 2.59. The predicted molar refractivity (Wildman–Crippen MR) is 106 cm³/mol. The van der Waals surface area contributed by atoms with Crippen LogP contribution in [0.25, 0.3) is 11.4 Å². The number of halogens is 2. The van der Waals surface area contributed by atoms with E-state index in [1.54, 1.807) is 30.3 Å². The van der Waals surface area contributed by atoms with Gasteiger partial charge in [0, 0.05) is 10.6 Å². The van der Waals surface area contributed by atoms with Gasteiger partial charge in [-0.1, -0.05) is 66.5 Å². The standard InChI is InChI=1S/C20H19Cl2N3O2/c1-11(2)17(23-19(26)14-6-4-5-7-15(14)21)20-24-18(25-27-20)13-9-8-12(3)16(22)10-13/h4-11,17H,1-3H3,(H,23,26)/t17-/m1/s1. The molecule has 0 radical (unpaired) electrons. The molecule has 0 unspecified atom stereocenters. The lowest BCUT2D eigenvalue weighted by molar-refractivity contribution is 0.0914. The molecule has 0 saturated heterocycles. The molecule has 0 spiro atoms. The second kappa shape index (κ2) is 8.11. The van der Waals surface area contributed by atoms with Gasteiger partial charge in [-0.3, -0.25) is 4.79 Å². The fraction of sp³-hybridized carbons (Fsp3) is 0.250. The molecule has 3 rings (SSSR count). The van der Waals surface area contributed by atoms with Crippen molar-refractivity contribution in [2.24, 2.45) is 5.92 Å². The van der Waals surface area contributed by atoms with Crippen molar-refractivity contribution in [1.29, 1.82) is 0 Å². The maximum atomic E-state index is 12.6. The molecule has 0 aliphatic carbocycles. The second-order valence-corrected chi connectivity index (χ2v) is 7.41. The van der Waals surface area contributed by atoms with Gasteiger partial charge < -0.3 is 9.84 Å². The van der Waals surface area contributed by atoms with Gasteiger partial charge in [-0.05, 0) is 36.6 Å². The van der Waals surface area contributed by atoms with Crippen LogP contribution < -0.4 is 5.32 Å². The molecule has 0 fully saturated rings. The lowest BCUT2D eigenvalue weighted by atomic mass is 10.0. The molecule has 140 valence electrons. The maximum absolute atomic E-state index is 12.6. The van der Waals surface area contributed by atoms with Gasteiger partial charge in [-0.25, -0.2) is 0 Å². The molecule has 27 heavy (non-hydrogen) atoms. The van der Waals surface area contributed by atoms with Crippen LogP contribution in [0.2, 0.25) is 10.0 Å². The van der Waals surface area contributed by atoms with Gasteiger partial charge in [-0.15, -0.1) is 0 Å². The summed E-state index contributed by atoms with van der Waals surface area (Å²) in [6.45, 7) is 5.85. The molecule has 1 atom stereocenters. The topological polar surface area (TPSA) is 68.0 Å². The molecule has 1 amide bonds. The average molecular weight is 404 g/mol. The largest absolute Gasteiger partial charge is 0.340 e. The Morgan fingerprint density at radius 1 is 1.11 bits per heavy atom. The summed E-state index contributed by atoms with van der Waals surface area (Å²) >= 11 is 12.3. The zero-order valence-corrected chi connectivity index (χ0v) is 16.7. The normalized spacial score (nSPS) is 12.2. The van der Waals surface area contributed by atoms with Crippen LogP contribution in [0.5, 0.6) is 0 Å². The van der Waals surface area contributed by atoms with Gasteiger partial charge in [0.15, 0.2) is 0 Å². The third kappa shape index (κ3) is 4.31. The van der Waals surface area contributed by atoms with Gasteiger partial charge in [0.1, 0.15) is 6.04 Å². The van der Waals surface area contributed by atoms with Gasteiger partial charge >= 0.3 is 0 Å². The van der Waals surface area contributed by atoms with E-state index in [4.69, 9.17) is 27.7 Å². The first-order valence-electron chi connectivity index (χ1n) is 8.52. The zero-order valence-electron chi connectivity index (χ0n) is 15.2. The fourth-order valence-corrected chi connectivity index (χ4v) is 2.99. The Morgan fingerprint density at radius 3 is 2.52 bits per heavy atom.